The summed E-state index contributed by atoms with van der Waals surface area (Å²) in [5, 5.41) is 8.35. The lowest BCUT2D eigenvalue weighted by atomic mass is 10.2. The number of benzene rings is 1. The van der Waals surface area contributed by atoms with Gasteiger partial charge in [-0.1, -0.05) is 13.0 Å². The Morgan fingerprint density at radius 2 is 1.93 bits per heavy atom. The molecule has 3 heterocycles. The van der Waals surface area contributed by atoms with Gasteiger partial charge in [-0.3, -0.25) is 4.79 Å². The maximum Gasteiger partial charge on any atom is 0.246 e. The molecule has 152 valence electrons. The number of carbonyl (C=O) groups is 1. The van der Waals surface area contributed by atoms with Crippen molar-refractivity contribution in [1.82, 2.24) is 15.1 Å². The van der Waals surface area contributed by atoms with E-state index in [2.05, 4.69) is 15.1 Å². The van der Waals surface area contributed by atoms with Crippen LogP contribution in [0.5, 0.6) is 17.4 Å². The summed E-state index contributed by atoms with van der Waals surface area (Å²) >= 11 is 0. The van der Waals surface area contributed by atoms with Crippen molar-refractivity contribution in [3.63, 3.8) is 0 Å². The summed E-state index contributed by atoms with van der Waals surface area (Å²) in [4.78, 5) is 16.5. The van der Waals surface area contributed by atoms with Gasteiger partial charge < -0.3 is 24.0 Å². The van der Waals surface area contributed by atoms with Gasteiger partial charge in [0.15, 0.2) is 17.3 Å². The molecule has 1 amide bonds. The molecule has 0 atom stereocenters. The monoisotopic (exact) mass is 396 g/mol. The minimum absolute atomic E-state index is 0.00304. The first-order chi connectivity index (χ1) is 14.2. The lowest BCUT2D eigenvalue weighted by Gasteiger charge is -2.34. The van der Waals surface area contributed by atoms with Crippen molar-refractivity contribution >= 4 is 17.8 Å². The van der Waals surface area contributed by atoms with Crippen molar-refractivity contribution < 1.29 is 19.0 Å². The molecule has 1 aromatic carbocycles. The molecule has 1 aromatic heterocycles. The molecule has 2 aromatic rings. The van der Waals surface area contributed by atoms with E-state index in [1.54, 1.807) is 12.2 Å². The van der Waals surface area contributed by atoms with Gasteiger partial charge in [-0.15, -0.1) is 10.2 Å². The lowest BCUT2D eigenvalue weighted by molar-refractivity contribution is -0.126. The van der Waals surface area contributed by atoms with Gasteiger partial charge in [0.1, 0.15) is 0 Å². The van der Waals surface area contributed by atoms with Crippen LogP contribution < -0.4 is 19.1 Å². The van der Waals surface area contributed by atoms with E-state index in [9.17, 15) is 4.79 Å². The van der Waals surface area contributed by atoms with Gasteiger partial charge in [0.25, 0.3) is 0 Å². The first-order valence-corrected chi connectivity index (χ1v) is 9.81. The molecule has 4 rings (SSSR count). The van der Waals surface area contributed by atoms with E-state index < -0.39 is 0 Å². The number of hydrogen-bond acceptors (Lipinski definition) is 7. The van der Waals surface area contributed by atoms with Crippen LogP contribution in [0.15, 0.2) is 36.4 Å². The predicted octanol–water partition coefficient (Wildman–Crippen LogP) is 2.36. The third-order valence-electron chi connectivity index (χ3n) is 4.81. The largest absolute Gasteiger partial charge is 0.477 e. The Morgan fingerprint density at radius 1 is 1.10 bits per heavy atom. The fourth-order valence-electron chi connectivity index (χ4n) is 3.21. The molecule has 0 unspecified atom stereocenters. The predicted molar refractivity (Wildman–Crippen MR) is 108 cm³/mol. The zero-order valence-electron chi connectivity index (χ0n) is 16.4. The standard InChI is InChI=1S/C21H24N4O4/c1-2-13-27-20-7-6-19(22-23-20)24-9-11-25(12-10-24)21(26)8-4-16-3-5-17-18(14-16)29-15-28-17/h3-8,14H,2,9-13,15H2,1H3. The van der Waals surface area contributed by atoms with Crippen LogP contribution in [0.25, 0.3) is 6.08 Å². The fraction of sp³-hybridized carbons (Fsp3) is 0.381. The first-order valence-electron chi connectivity index (χ1n) is 9.81. The van der Waals surface area contributed by atoms with Crippen molar-refractivity contribution in [3.8, 4) is 17.4 Å². The van der Waals surface area contributed by atoms with E-state index in [0.717, 1.165) is 23.6 Å². The average molecular weight is 396 g/mol. The van der Waals surface area contributed by atoms with E-state index in [4.69, 9.17) is 14.2 Å². The molecule has 2 aliphatic rings. The van der Waals surface area contributed by atoms with Crippen LogP contribution >= 0.6 is 0 Å². The third kappa shape index (κ3) is 4.59. The number of aromatic nitrogens is 2. The van der Waals surface area contributed by atoms with E-state index in [0.29, 0.717) is 44.4 Å². The van der Waals surface area contributed by atoms with Crippen LogP contribution in [0.2, 0.25) is 0 Å². The average Bonchev–Trinajstić information content (AvgIpc) is 3.24. The Labute approximate surface area is 169 Å². The number of amides is 1. The summed E-state index contributed by atoms with van der Waals surface area (Å²) < 4.78 is 16.1. The number of anilines is 1. The van der Waals surface area contributed by atoms with Gasteiger partial charge in [-0.25, -0.2) is 0 Å². The zero-order valence-corrected chi connectivity index (χ0v) is 16.4. The Balaban J connectivity index is 1.29. The highest BCUT2D eigenvalue weighted by Crippen LogP contribution is 2.32. The summed E-state index contributed by atoms with van der Waals surface area (Å²) in [6.45, 7) is 5.63. The molecular formula is C21H24N4O4. The maximum absolute atomic E-state index is 12.5. The van der Waals surface area contributed by atoms with Crippen molar-refractivity contribution in [2.45, 2.75) is 13.3 Å². The molecule has 8 nitrogen and oxygen atoms in total. The minimum atomic E-state index is -0.00304. The highest BCUT2D eigenvalue weighted by molar-refractivity contribution is 5.92. The second-order valence-electron chi connectivity index (χ2n) is 6.84. The summed E-state index contributed by atoms with van der Waals surface area (Å²) in [5.41, 5.74) is 0.905. The minimum Gasteiger partial charge on any atom is -0.477 e. The number of rotatable bonds is 6. The smallest absolute Gasteiger partial charge is 0.246 e. The number of hydrogen-bond donors (Lipinski definition) is 0. The van der Waals surface area contributed by atoms with Crippen molar-refractivity contribution in [2.75, 3.05) is 44.5 Å². The summed E-state index contributed by atoms with van der Waals surface area (Å²) in [7, 11) is 0. The highest BCUT2D eigenvalue weighted by Gasteiger charge is 2.21. The number of piperazine rings is 1. The summed E-state index contributed by atoms with van der Waals surface area (Å²) in [6.07, 6.45) is 4.34. The van der Waals surface area contributed by atoms with Gasteiger partial charge in [0.2, 0.25) is 18.6 Å². The normalized spacial score (nSPS) is 15.8. The number of ether oxygens (including phenoxy) is 3. The van der Waals surface area contributed by atoms with E-state index in [-0.39, 0.29) is 12.7 Å². The highest BCUT2D eigenvalue weighted by atomic mass is 16.7. The molecule has 0 spiro atoms. The van der Waals surface area contributed by atoms with Crippen molar-refractivity contribution in [3.05, 3.63) is 42.0 Å². The van der Waals surface area contributed by atoms with Gasteiger partial charge in [0.05, 0.1) is 6.61 Å². The number of nitrogens with zero attached hydrogens (tertiary/aromatic N) is 4. The molecular weight excluding hydrogens is 372 g/mol. The molecule has 8 heteroatoms. The van der Waals surface area contributed by atoms with Crippen LogP contribution in [0, 0.1) is 0 Å². The van der Waals surface area contributed by atoms with E-state index in [1.807, 2.05) is 42.2 Å². The topological polar surface area (TPSA) is 77.0 Å². The molecule has 2 aliphatic heterocycles. The molecule has 0 saturated carbocycles. The van der Waals surface area contributed by atoms with Gasteiger partial charge in [0, 0.05) is 38.3 Å². The summed E-state index contributed by atoms with van der Waals surface area (Å²) in [5.74, 6) is 2.78. The Morgan fingerprint density at radius 3 is 2.69 bits per heavy atom. The quantitative estimate of drug-likeness (QED) is 0.694. The van der Waals surface area contributed by atoms with Crippen molar-refractivity contribution in [1.29, 1.82) is 0 Å². The third-order valence-corrected chi connectivity index (χ3v) is 4.81. The Kier molecular flexibility index (Phi) is 5.79. The first kappa shape index (κ1) is 19.0. The molecule has 1 fully saturated rings. The molecule has 1 saturated heterocycles. The fourth-order valence-corrected chi connectivity index (χ4v) is 3.21. The van der Waals surface area contributed by atoms with Crippen LogP contribution in [-0.4, -0.2) is 60.6 Å². The second-order valence-corrected chi connectivity index (χ2v) is 6.84. The Hall–Kier alpha value is -3.29. The van der Waals surface area contributed by atoms with E-state index >= 15 is 0 Å². The molecule has 0 aliphatic carbocycles. The second kappa shape index (κ2) is 8.81. The van der Waals surface area contributed by atoms with Crippen LogP contribution in [0.3, 0.4) is 0 Å². The van der Waals surface area contributed by atoms with Gasteiger partial charge >= 0.3 is 0 Å². The number of fused-ring (bicyclic) bond motifs is 1. The summed E-state index contributed by atoms with van der Waals surface area (Å²) in [6, 6.07) is 9.38. The zero-order chi connectivity index (χ0) is 20.1. The SMILES string of the molecule is CCCOc1ccc(N2CCN(C(=O)C=Cc3ccc4c(c3)OCO4)CC2)nn1. The van der Waals surface area contributed by atoms with Crippen LogP contribution in [0.4, 0.5) is 5.82 Å². The van der Waals surface area contributed by atoms with E-state index in [1.165, 1.54) is 0 Å². The molecule has 0 bridgehead atoms. The van der Waals surface area contributed by atoms with Gasteiger partial charge in [-0.2, -0.15) is 0 Å². The van der Waals surface area contributed by atoms with Gasteiger partial charge in [-0.05, 0) is 36.3 Å². The number of carbonyl (C=O) groups excluding carboxylic acids is 1. The molecule has 0 radical (unpaired) electrons. The lowest BCUT2D eigenvalue weighted by Crippen LogP contribution is -2.48. The van der Waals surface area contributed by atoms with Crippen molar-refractivity contribution in [2.24, 2.45) is 0 Å². The Bertz CT molecular complexity index is 877. The molecule has 29 heavy (non-hydrogen) atoms. The molecule has 0 N–H and O–H groups in total. The van der Waals surface area contributed by atoms with Crippen LogP contribution in [-0.2, 0) is 4.79 Å². The van der Waals surface area contributed by atoms with Crippen LogP contribution in [0.1, 0.15) is 18.9 Å². The maximum atomic E-state index is 12.5.